The molecule has 1 N–H and O–H groups in total. The van der Waals surface area contributed by atoms with Crippen molar-refractivity contribution in [3.05, 3.63) is 98.7 Å². The Morgan fingerprint density at radius 3 is 2.27 bits per heavy atom. The molecule has 1 amide bonds. The van der Waals surface area contributed by atoms with Gasteiger partial charge in [-0.25, -0.2) is 12.4 Å². The van der Waals surface area contributed by atoms with E-state index in [4.69, 9.17) is 4.99 Å². The SMILES string of the molecule is CC(=O)n1cc(C2=NC(c3cn(S(=O)(=O)c4ccc(C)cc4)c4cc(Br)ccc34)CNC2=O)c2ccc(Br)cc21. The Balaban J connectivity index is 1.53. The lowest BCUT2D eigenvalue weighted by Gasteiger charge is -2.21. The highest BCUT2D eigenvalue weighted by Gasteiger charge is 2.30. The highest BCUT2D eigenvalue weighted by Crippen LogP contribution is 2.35. The van der Waals surface area contributed by atoms with Gasteiger partial charge in [0.05, 0.1) is 22.0 Å². The summed E-state index contributed by atoms with van der Waals surface area (Å²) >= 11 is 6.92. The van der Waals surface area contributed by atoms with Crippen LogP contribution in [0.4, 0.5) is 0 Å². The average Bonchev–Trinajstić information content (AvgIpc) is 3.48. The molecule has 11 heteroatoms. The molecule has 3 aromatic carbocycles. The van der Waals surface area contributed by atoms with Gasteiger partial charge in [0.25, 0.3) is 15.9 Å². The molecule has 1 unspecified atom stereocenters. The predicted molar refractivity (Wildman–Crippen MR) is 162 cm³/mol. The van der Waals surface area contributed by atoms with Gasteiger partial charge in [-0.05, 0) is 43.3 Å². The van der Waals surface area contributed by atoms with Crippen LogP contribution in [0.3, 0.4) is 0 Å². The number of carbonyl (C=O) groups is 2. The van der Waals surface area contributed by atoms with Crippen LogP contribution in [0.5, 0.6) is 0 Å². The molecule has 1 atom stereocenters. The van der Waals surface area contributed by atoms with Gasteiger partial charge in [0, 0.05) is 56.7 Å². The molecule has 0 fully saturated rings. The van der Waals surface area contributed by atoms with E-state index < -0.39 is 16.1 Å². The lowest BCUT2D eigenvalue weighted by molar-refractivity contribution is -0.115. The number of halogens is 2. The molecular formula is C29H22Br2N4O4S. The first-order valence-corrected chi connectivity index (χ1v) is 15.4. The summed E-state index contributed by atoms with van der Waals surface area (Å²) in [5, 5.41) is 4.33. The summed E-state index contributed by atoms with van der Waals surface area (Å²) in [6, 6.07) is 17.1. The molecule has 40 heavy (non-hydrogen) atoms. The van der Waals surface area contributed by atoms with Gasteiger partial charge in [-0.1, -0.05) is 61.7 Å². The Labute approximate surface area is 247 Å². The molecule has 0 aliphatic carbocycles. The van der Waals surface area contributed by atoms with Crippen LogP contribution in [-0.2, 0) is 14.8 Å². The number of rotatable bonds is 4. The van der Waals surface area contributed by atoms with Crippen molar-refractivity contribution < 1.29 is 18.0 Å². The van der Waals surface area contributed by atoms with Crippen LogP contribution in [0, 0.1) is 6.92 Å². The van der Waals surface area contributed by atoms with Crippen LogP contribution in [0.25, 0.3) is 21.8 Å². The van der Waals surface area contributed by atoms with E-state index in [1.165, 1.54) is 15.5 Å². The minimum Gasteiger partial charge on any atom is -0.348 e. The highest BCUT2D eigenvalue weighted by molar-refractivity contribution is 9.10. The number of aliphatic imine (C=N–C) groups is 1. The second kappa shape index (κ2) is 9.83. The van der Waals surface area contributed by atoms with E-state index in [9.17, 15) is 18.0 Å². The first-order valence-electron chi connectivity index (χ1n) is 12.4. The maximum absolute atomic E-state index is 13.7. The fourth-order valence-electron chi connectivity index (χ4n) is 5.04. The van der Waals surface area contributed by atoms with Crippen LogP contribution in [0.2, 0.25) is 0 Å². The van der Waals surface area contributed by atoms with Crippen molar-refractivity contribution in [2.75, 3.05) is 6.54 Å². The van der Waals surface area contributed by atoms with Crippen molar-refractivity contribution in [2.45, 2.75) is 24.8 Å². The zero-order valence-electron chi connectivity index (χ0n) is 21.4. The number of aryl methyl sites for hydroxylation is 1. The molecule has 0 saturated carbocycles. The summed E-state index contributed by atoms with van der Waals surface area (Å²) < 4.78 is 31.8. The van der Waals surface area contributed by atoms with Crippen molar-refractivity contribution in [1.29, 1.82) is 0 Å². The fraction of sp³-hybridized carbons (Fsp3) is 0.138. The Hall–Kier alpha value is -3.54. The number of carbonyl (C=O) groups excluding carboxylic acids is 2. The molecule has 0 saturated heterocycles. The van der Waals surface area contributed by atoms with Gasteiger partial charge in [-0.2, -0.15) is 0 Å². The van der Waals surface area contributed by atoms with Crippen molar-refractivity contribution in [2.24, 2.45) is 4.99 Å². The number of benzene rings is 3. The van der Waals surface area contributed by atoms with Crippen molar-refractivity contribution in [3.8, 4) is 0 Å². The van der Waals surface area contributed by atoms with Crippen LogP contribution in [0.1, 0.15) is 34.5 Å². The molecule has 1 aliphatic heterocycles. The summed E-state index contributed by atoms with van der Waals surface area (Å²) in [4.78, 5) is 30.5. The molecule has 0 spiro atoms. The second-order valence-corrected chi connectivity index (χ2v) is 13.3. The van der Waals surface area contributed by atoms with Crippen molar-refractivity contribution in [3.63, 3.8) is 0 Å². The van der Waals surface area contributed by atoms with E-state index in [1.54, 1.807) is 42.7 Å². The smallest absolute Gasteiger partial charge is 0.270 e. The largest absolute Gasteiger partial charge is 0.348 e. The van der Waals surface area contributed by atoms with Gasteiger partial charge >= 0.3 is 0 Å². The van der Waals surface area contributed by atoms with Crippen LogP contribution in [0.15, 0.2) is 91.9 Å². The number of amides is 1. The van der Waals surface area contributed by atoms with E-state index in [-0.39, 0.29) is 29.0 Å². The van der Waals surface area contributed by atoms with Gasteiger partial charge in [-0.3, -0.25) is 19.1 Å². The Morgan fingerprint density at radius 2 is 1.60 bits per heavy atom. The monoisotopic (exact) mass is 680 g/mol. The van der Waals surface area contributed by atoms with Gasteiger partial charge in [-0.15, -0.1) is 0 Å². The van der Waals surface area contributed by atoms with Gasteiger partial charge in [0.1, 0.15) is 5.71 Å². The number of hydrogen-bond acceptors (Lipinski definition) is 5. The zero-order chi connectivity index (χ0) is 28.3. The fourth-order valence-corrected chi connectivity index (χ4v) is 7.11. The molecule has 5 aromatic rings. The topological polar surface area (TPSA) is 103 Å². The molecule has 6 rings (SSSR count). The van der Waals surface area contributed by atoms with Crippen molar-refractivity contribution in [1.82, 2.24) is 13.9 Å². The molecule has 202 valence electrons. The van der Waals surface area contributed by atoms with E-state index in [1.807, 2.05) is 37.3 Å². The Bertz CT molecular complexity index is 2010. The minimum atomic E-state index is -3.92. The molecule has 0 radical (unpaired) electrons. The summed E-state index contributed by atoms with van der Waals surface area (Å²) in [7, 11) is -3.92. The number of aromatic nitrogens is 2. The maximum Gasteiger partial charge on any atom is 0.270 e. The second-order valence-electron chi connectivity index (χ2n) is 9.66. The number of fused-ring (bicyclic) bond motifs is 2. The number of nitrogens with one attached hydrogen (secondary N) is 1. The first kappa shape index (κ1) is 26.7. The third kappa shape index (κ3) is 4.42. The van der Waals surface area contributed by atoms with Gasteiger partial charge in [0.2, 0.25) is 5.91 Å². The van der Waals surface area contributed by atoms with Crippen LogP contribution >= 0.6 is 31.9 Å². The first-order chi connectivity index (χ1) is 19.0. The lowest BCUT2D eigenvalue weighted by Crippen LogP contribution is -2.39. The van der Waals surface area contributed by atoms with Crippen molar-refractivity contribution >= 4 is 81.2 Å². The van der Waals surface area contributed by atoms with Gasteiger partial charge in [0.15, 0.2) is 0 Å². The molecule has 0 bridgehead atoms. The summed E-state index contributed by atoms with van der Waals surface area (Å²) in [5.74, 6) is -0.557. The normalized spacial score (nSPS) is 15.8. The summed E-state index contributed by atoms with van der Waals surface area (Å²) in [5.41, 5.74) is 3.48. The Morgan fingerprint density at radius 1 is 0.950 bits per heavy atom. The standard InChI is InChI=1S/C29H22Br2N4O4S/c1-16-3-7-20(8-4-16)40(38,39)35-15-23(21-9-5-19(31)12-27(21)35)25-13-32-29(37)28(33-25)24-14-34(17(2)36)26-11-18(30)6-10-22(24)26/h3-12,14-15,25H,13H2,1-2H3,(H,32,37). The maximum atomic E-state index is 13.7. The molecular weight excluding hydrogens is 660 g/mol. The van der Waals surface area contributed by atoms with E-state index in [0.717, 1.165) is 14.5 Å². The number of hydrogen-bond donors (Lipinski definition) is 1. The third-order valence-corrected chi connectivity index (χ3v) is 9.69. The van der Waals surface area contributed by atoms with Crippen LogP contribution < -0.4 is 5.32 Å². The molecule has 3 heterocycles. The quantitative estimate of drug-likeness (QED) is 0.252. The number of nitrogens with zero attached hydrogens (tertiary/aromatic N) is 3. The van der Waals surface area contributed by atoms with E-state index in [2.05, 4.69) is 37.2 Å². The minimum absolute atomic E-state index is 0.172. The third-order valence-electron chi connectivity index (χ3n) is 7.02. The van der Waals surface area contributed by atoms with E-state index in [0.29, 0.717) is 32.9 Å². The Kier molecular flexibility index (Phi) is 6.55. The summed E-state index contributed by atoms with van der Waals surface area (Å²) in [6.45, 7) is 3.55. The molecule has 1 aliphatic rings. The molecule has 8 nitrogen and oxygen atoms in total. The predicted octanol–water partition coefficient (Wildman–Crippen LogP) is 5.99. The average molecular weight is 682 g/mol. The highest BCUT2D eigenvalue weighted by atomic mass is 79.9. The lowest BCUT2D eigenvalue weighted by atomic mass is 10.0. The van der Waals surface area contributed by atoms with E-state index >= 15 is 0 Å². The molecule has 2 aromatic heterocycles. The van der Waals surface area contributed by atoms with Gasteiger partial charge < -0.3 is 5.32 Å². The van der Waals surface area contributed by atoms with Crippen LogP contribution in [-0.4, -0.2) is 41.0 Å². The zero-order valence-corrected chi connectivity index (χ0v) is 25.3. The summed E-state index contributed by atoms with van der Waals surface area (Å²) in [6.07, 6.45) is 3.22.